The van der Waals surface area contributed by atoms with Gasteiger partial charge in [0.25, 0.3) is 0 Å². The smallest absolute Gasteiger partial charge is 0.123 e. The first-order chi connectivity index (χ1) is 8.72. The van der Waals surface area contributed by atoms with Crippen molar-refractivity contribution >= 4 is 10.9 Å². The number of nitrogens with zero attached hydrogens (tertiary/aromatic N) is 1. The first-order valence-electron chi connectivity index (χ1n) is 6.66. The van der Waals surface area contributed by atoms with Crippen molar-refractivity contribution < 1.29 is 4.39 Å². The lowest BCUT2D eigenvalue weighted by Gasteiger charge is -2.28. The number of benzene rings is 1. The zero-order chi connectivity index (χ0) is 12.5. The Hall–Kier alpha value is -1.35. The summed E-state index contributed by atoms with van der Waals surface area (Å²) >= 11 is 0. The number of piperidine rings is 1. The standard InChI is InChI=1S/C15H19FN2/c1-18-6-4-11(5-7-18)8-12-10-17-15-3-2-13(16)9-14(12)15/h2-3,9-11,17H,4-8H2,1H3. The normalized spacial score (nSPS) is 18.6. The first kappa shape index (κ1) is 11.7. The molecule has 1 aliphatic heterocycles. The summed E-state index contributed by atoms with van der Waals surface area (Å²) in [6.07, 6.45) is 5.61. The van der Waals surface area contributed by atoms with Crippen LogP contribution in [0, 0.1) is 11.7 Å². The third kappa shape index (κ3) is 2.27. The maximum Gasteiger partial charge on any atom is 0.123 e. The van der Waals surface area contributed by atoms with Crippen LogP contribution < -0.4 is 0 Å². The van der Waals surface area contributed by atoms with E-state index >= 15 is 0 Å². The third-order valence-corrected chi connectivity index (χ3v) is 4.08. The monoisotopic (exact) mass is 246 g/mol. The van der Waals surface area contributed by atoms with Gasteiger partial charge >= 0.3 is 0 Å². The largest absolute Gasteiger partial charge is 0.361 e. The lowest BCUT2D eigenvalue weighted by Crippen LogP contribution is -2.30. The zero-order valence-electron chi connectivity index (χ0n) is 10.7. The lowest BCUT2D eigenvalue weighted by molar-refractivity contribution is 0.219. The number of halogens is 1. The summed E-state index contributed by atoms with van der Waals surface area (Å²) in [5.74, 6) is 0.593. The van der Waals surface area contributed by atoms with Crippen LogP contribution in [0.4, 0.5) is 4.39 Å². The molecule has 0 aliphatic carbocycles. The maximum atomic E-state index is 13.3. The third-order valence-electron chi connectivity index (χ3n) is 4.08. The van der Waals surface area contributed by atoms with E-state index in [-0.39, 0.29) is 5.82 Å². The fourth-order valence-electron chi connectivity index (χ4n) is 2.90. The van der Waals surface area contributed by atoms with Crippen LogP contribution in [0.2, 0.25) is 0 Å². The van der Waals surface area contributed by atoms with Gasteiger partial charge in [-0.1, -0.05) is 0 Å². The fourth-order valence-corrected chi connectivity index (χ4v) is 2.90. The molecule has 2 nitrogen and oxygen atoms in total. The van der Waals surface area contributed by atoms with Crippen molar-refractivity contribution in [2.24, 2.45) is 5.92 Å². The lowest BCUT2D eigenvalue weighted by atomic mass is 9.90. The number of rotatable bonds is 2. The second-order valence-corrected chi connectivity index (χ2v) is 5.45. The number of hydrogen-bond donors (Lipinski definition) is 1. The van der Waals surface area contributed by atoms with E-state index in [0.29, 0.717) is 0 Å². The van der Waals surface area contributed by atoms with Crippen LogP contribution >= 0.6 is 0 Å². The Labute approximate surface area is 107 Å². The van der Waals surface area contributed by atoms with Crippen LogP contribution in [0.1, 0.15) is 18.4 Å². The second kappa shape index (κ2) is 4.73. The molecular weight excluding hydrogens is 227 g/mol. The quantitative estimate of drug-likeness (QED) is 0.862. The van der Waals surface area contributed by atoms with Gasteiger partial charge in [-0.15, -0.1) is 0 Å². The van der Waals surface area contributed by atoms with Crippen molar-refractivity contribution in [2.45, 2.75) is 19.3 Å². The first-order valence-corrected chi connectivity index (χ1v) is 6.66. The molecule has 3 heteroatoms. The summed E-state index contributed by atoms with van der Waals surface area (Å²) in [7, 11) is 2.18. The molecule has 0 bridgehead atoms. The molecule has 1 aromatic heterocycles. The number of aromatic amines is 1. The Balaban J connectivity index is 1.80. The summed E-state index contributed by atoms with van der Waals surface area (Å²) in [4.78, 5) is 5.62. The molecule has 0 saturated carbocycles. The molecule has 0 spiro atoms. The SMILES string of the molecule is CN1CCC(Cc2c[nH]c3ccc(F)cc23)CC1. The van der Waals surface area contributed by atoms with Gasteiger partial charge in [0, 0.05) is 17.1 Å². The van der Waals surface area contributed by atoms with E-state index in [2.05, 4.69) is 16.9 Å². The van der Waals surface area contributed by atoms with Gasteiger partial charge in [-0.2, -0.15) is 0 Å². The van der Waals surface area contributed by atoms with Crippen LogP contribution in [0.25, 0.3) is 10.9 Å². The molecule has 2 aromatic rings. The molecule has 1 fully saturated rings. The summed E-state index contributed by atoms with van der Waals surface area (Å²) in [6, 6.07) is 4.98. The molecule has 0 radical (unpaired) electrons. The average molecular weight is 246 g/mol. The molecule has 1 N–H and O–H groups in total. The van der Waals surface area contributed by atoms with Crippen LogP contribution in [0.15, 0.2) is 24.4 Å². The van der Waals surface area contributed by atoms with E-state index in [0.717, 1.165) is 23.2 Å². The number of H-pyrrole nitrogens is 1. The summed E-state index contributed by atoms with van der Waals surface area (Å²) < 4.78 is 13.3. The molecule has 3 rings (SSSR count). The van der Waals surface area contributed by atoms with Gasteiger partial charge in [-0.3, -0.25) is 0 Å². The van der Waals surface area contributed by atoms with Gasteiger partial charge in [0.2, 0.25) is 0 Å². The Kier molecular flexibility index (Phi) is 3.08. The van der Waals surface area contributed by atoms with E-state index in [4.69, 9.17) is 0 Å². The Morgan fingerprint density at radius 3 is 2.89 bits per heavy atom. The molecule has 96 valence electrons. The fraction of sp³-hybridized carbons (Fsp3) is 0.467. The minimum absolute atomic E-state index is 0.147. The number of aromatic nitrogens is 1. The molecule has 18 heavy (non-hydrogen) atoms. The van der Waals surface area contributed by atoms with Gasteiger partial charge in [0.05, 0.1) is 0 Å². The number of likely N-dealkylation sites (tertiary alicyclic amines) is 1. The van der Waals surface area contributed by atoms with E-state index in [1.807, 2.05) is 12.3 Å². The Morgan fingerprint density at radius 2 is 2.11 bits per heavy atom. The number of nitrogens with one attached hydrogen (secondary N) is 1. The summed E-state index contributed by atoms with van der Waals surface area (Å²) in [5.41, 5.74) is 2.30. The average Bonchev–Trinajstić information content (AvgIpc) is 2.75. The van der Waals surface area contributed by atoms with Crippen LogP contribution in [-0.4, -0.2) is 30.0 Å². The van der Waals surface area contributed by atoms with Gasteiger partial charge < -0.3 is 9.88 Å². The topological polar surface area (TPSA) is 19.0 Å². The molecule has 1 aliphatic rings. The van der Waals surface area contributed by atoms with E-state index in [1.165, 1.54) is 37.6 Å². The number of fused-ring (bicyclic) bond motifs is 1. The highest BCUT2D eigenvalue weighted by Gasteiger charge is 2.18. The molecule has 2 heterocycles. The zero-order valence-corrected chi connectivity index (χ0v) is 10.7. The van der Waals surface area contributed by atoms with Gasteiger partial charge in [-0.05, 0) is 69.1 Å². The van der Waals surface area contributed by atoms with Crippen molar-refractivity contribution in [3.05, 3.63) is 35.8 Å². The van der Waals surface area contributed by atoms with Crippen molar-refractivity contribution in [3.63, 3.8) is 0 Å². The summed E-state index contributed by atoms with van der Waals surface area (Å²) in [6.45, 7) is 2.36. The van der Waals surface area contributed by atoms with Crippen molar-refractivity contribution in [2.75, 3.05) is 20.1 Å². The van der Waals surface area contributed by atoms with E-state index in [1.54, 1.807) is 6.07 Å². The van der Waals surface area contributed by atoms with Gasteiger partial charge in [0.15, 0.2) is 0 Å². The second-order valence-electron chi connectivity index (χ2n) is 5.45. The molecule has 1 saturated heterocycles. The van der Waals surface area contributed by atoms with Crippen molar-refractivity contribution in [1.82, 2.24) is 9.88 Å². The highest BCUT2D eigenvalue weighted by atomic mass is 19.1. The Morgan fingerprint density at radius 1 is 1.33 bits per heavy atom. The van der Waals surface area contributed by atoms with Crippen molar-refractivity contribution in [1.29, 1.82) is 0 Å². The van der Waals surface area contributed by atoms with Gasteiger partial charge in [0.1, 0.15) is 5.82 Å². The van der Waals surface area contributed by atoms with Crippen molar-refractivity contribution in [3.8, 4) is 0 Å². The van der Waals surface area contributed by atoms with Gasteiger partial charge in [-0.25, -0.2) is 4.39 Å². The highest BCUT2D eigenvalue weighted by molar-refractivity contribution is 5.83. The highest BCUT2D eigenvalue weighted by Crippen LogP contribution is 2.26. The summed E-state index contributed by atoms with van der Waals surface area (Å²) in [5, 5.41) is 1.05. The number of hydrogen-bond acceptors (Lipinski definition) is 1. The predicted octanol–water partition coefficient (Wildman–Crippen LogP) is 3.19. The molecule has 0 unspecified atom stereocenters. The molecular formula is C15H19FN2. The maximum absolute atomic E-state index is 13.3. The predicted molar refractivity (Wildman–Crippen MR) is 72.2 cm³/mol. The molecule has 0 atom stereocenters. The van der Waals surface area contributed by atoms with E-state index < -0.39 is 0 Å². The van der Waals surface area contributed by atoms with Crippen LogP contribution in [0.3, 0.4) is 0 Å². The van der Waals surface area contributed by atoms with E-state index in [9.17, 15) is 4.39 Å². The minimum Gasteiger partial charge on any atom is -0.361 e. The minimum atomic E-state index is -0.147. The molecule has 0 amide bonds. The van der Waals surface area contributed by atoms with Crippen LogP contribution in [0.5, 0.6) is 0 Å². The van der Waals surface area contributed by atoms with Crippen LogP contribution in [-0.2, 0) is 6.42 Å². The Bertz CT molecular complexity index is 538. The molecule has 1 aromatic carbocycles.